The van der Waals surface area contributed by atoms with Crippen LogP contribution in [0.2, 0.25) is 0 Å². The highest BCUT2D eigenvalue weighted by Crippen LogP contribution is 2.24. The highest BCUT2D eigenvalue weighted by Gasteiger charge is 2.33. The van der Waals surface area contributed by atoms with Crippen LogP contribution in [0.25, 0.3) is 0 Å². The number of para-hydroxylation sites is 1. The second-order valence-corrected chi connectivity index (χ2v) is 6.67. The van der Waals surface area contributed by atoms with Crippen molar-refractivity contribution < 1.29 is 19.0 Å². The highest BCUT2D eigenvalue weighted by atomic mass is 16.6. The topological polar surface area (TPSA) is 44.8 Å². The Morgan fingerprint density at radius 1 is 1.00 bits per heavy atom. The maximum absolute atomic E-state index is 12.0. The number of ether oxygens (including phenoxy) is 3. The number of esters is 1. The van der Waals surface area contributed by atoms with Crippen LogP contribution in [0.15, 0.2) is 60.7 Å². The molecule has 1 heterocycles. The lowest BCUT2D eigenvalue weighted by Crippen LogP contribution is -2.43. The largest absolute Gasteiger partial charge is 0.488 e. The van der Waals surface area contributed by atoms with E-state index in [4.69, 9.17) is 14.2 Å². The first-order valence-corrected chi connectivity index (χ1v) is 9.29. The predicted molar refractivity (Wildman–Crippen MR) is 99.9 cm³/mol. The molecule has 2 aromatic rings. The monoisotopic (exact) mass is 354 g/mol. The average molecular weight is 354 g/mol. The van der Waals surface area contributed by atoms with E-state index in [9.17, 15) is 4.79 Å². The smallest absolute Gasteiger partial charge is 0.306 e. The second-order valence-electron chi connectivity index (χ2n) is 6.67. The number of carbonyl (C=O) groups is 1. The molecule has 0 amide bonds. The molecule has 1 aliphatic rings. The molecule has 2 unspecified atom stereocenters. The average Bonchev–Trinajstić information content (AvgIpc) is 2.72. The predicted octanol–water partition coefficient (Wildman–Crippen LogP) is 4.53. The van der Waals surface area contributed by atoms with Gasteiger partial charge in [0.15, 0.2) is 0 Å². The Hall–Kier alpha value is -2.33. The minimum Gasteiger partial charge on any atom is -0.488 e. The molecule has 4 nitrogen and oxygen atoms in total. The van der Waals surface area contributed by atoms with Gasteiger partial charge in [-0.05, 0) is 43.9 Å². The lowest BCUT2D eigenvalue weighted by atomic mass is 10.0. The molecule has 0 aliphatic carbocycles. The lowest BCUT2D eigenvalue weighted by molar-refractivity contribution is -0.162. The van der Waals surface area contributed by atoms with Crippen molar-refractivity contribution in [2.75, 3.05) is 0 Å². The van der Waals surface area contributed by atoms with E-state index in [1.807, 2.05) is 67.6 Å². The molecule has 3 rings (SSSR count). The van der Waals surface area contributed by atoms with Crippen molar-refractivity contribution in [2.45, 2.75) is 57.5 Å². The SMILES string of the molecule is CC1OC(=O)CCCCC(Oc2ccccc2)[C@H]1OCc1ccccc1. The summed E-state index contributed by atoms with van der Waals surface area (Å²) in [6, 6.07) is 19.8. The van der Waals surface area contributed by atoms with Gasteiger partial charge in [0.05, 0.1) is 6.61 Å². The minimum atomic E-state index is -0.363. The van der Waals surface area contributed by atoms with Crippen LogP contribution < -0.4 is 4.74 Å². The summed E-state index contributed by atoms with van der Waals surface area (Å²) in [5.41, 5.74) is 1.09. The number of hydrogen-bond donors (Lipinski definition) is 0. The molecule has 1 fully saturated rings. The normalized spacial score (nSPS) is 24.0. The number of cyclic esters (lactones) is 1. The van der Waals surface area contributed by atoms with Crippen LogP contribution in [-0.2, 0) is 20.9 Å². The van der Waals surface area contributed by atoms with Crippen LogP contribution in [0.3, 0.4) is 0 Å². The van der Waals surface area contributed by atoms with Gasteiger partial charge in [-0.2, -0.15) is 0 Å². The molecule has 1 aliphatic heterocycles. The molecule has 0 bridgehead atoms. The Bertz CT molecular complexity index is 671. The van der Waals surface area contributed by atoms with E-state index >= 15 is 0 Å². The maximum Gasteiger partial charge on any atom is 0.306 e. The zero-order chi connectivity index (χ0) is 18.2. The third-order valence-corrected chi connectivity index (χ3v) is 4.58. The van der Waals surface area contributed by atoms with Gasteiger partial charge < -0.3 is 14.2 Å². The van der Waals surface area contributed by atoms with Gasteiger partial charge in [0, 0.05) is 6.42 Å². The first-order chi connectivity index (χ1) is 12.7. The van der Waals surface area contributed by atoms with Gasteiger partial charge in [0.1, 0.15) is 24.1 Å². The van der Waals surface area contributed by atoms with E-state index in [1.54, 1.807) is 0 Å². The molecular weight excluding hydrogens is 328 g/mol. The standard InChI is InChI=1S/C22H26O4/c1-17-22(24-16-18-10-4-2-5-11-18)20(14-8-9-15-21(23)25-17)26-19-12-6-3-7-13-19/h2-7,10-13,17,20,22H,8-9,14-16H2,1H3/t17?,20?,22-/m0/s1. The molecule has 4 heteroatoms. The number of benzene rings is 2. The molecule has 0 saturated carbocycles. The lowest BCUT2D eigenvalue weighted by Gasteiger charge is -2.31. The first kappa shape index (κ1) is 18.5. The molecule has 0 spiro atoms. The molecule has 26 heavy (non-hydrogen) atoms. The van der Waals surface area contributed by atoms with Crippen molar-refractivity contribution in [1.82, 2.24) is 0 Å². The first-order valence-electron chi connectivity index (χ1n) is 9.29. The molecule has 1 saturated heterocycles. The van der Waals surface area contributed by atoms with E-state index < -0.39 is 0 Å². The Balaban J connectivity index is 1.76. The maximum atomic E-state index is 12.0. The second kappa shape index (κ2) is 9.39. The summed E-state index contributed by atoms with van der Waals surface area (Å²) < 4.78 is 18.0. The van der Waals surface area contributed by atoms with Crippen LogP contribution in [0.4, 0.5) is 0 Å². The zero-order valence-corrected chi connectivity index (χ0v) is 15.2. The van der Waals surface area contributed by atoms with Crippen LogP contribution in [0, 0.1) is 0 Å². The van der Waals surface area contributed by atoms with E-state index in [0.717, 1.165) is 30.6 Å². The summed E-state index contributed by atoms with van der Waals surface area (Å²) in [6.45, 7) is 2.35. The zero-order valence-electron chi connectivity index (χ0n) is 15.2. The van der Waals surface area contributed by atoms with Crippen molar-refractivity contribution in [3.05, 3.63) is 66.2 Å². The fraction of sp³-hybridized carbons (Fsp3) is 0.409. The van der Waals surface area contributed by atoms with Crippen LogP contribution in [-0.4, -0.2) is 24.3 Å². The minimum absolute atomic E-state index is 0.161. The third-order valence-electron chi connectivity index (χ3n) is 4.58. The molecule has 0 aromatic heterocycles. The summed E-state index contributed by atoms with van der Waals surface area (Å²) in [6.07, 6.45) is 2.15. The van der Waals surface area contributed by atoms with Gasteiger partial charge in [-0.1, -0.05) is 48.5 Å². The van der Waals surface area contributed by atoms with Crippen molar-refractivity contribution in [1.29, 1.82) is 0 Å². The Kier molecular flexibility index (Phi) is 6.67. The van der Waals surface area contributed by atoms with Crippen molar-refractivity contribution in [2.24, 2.45) is 0 Å². The quantitative estimate of drug-likeness (QED) is 0.740. The third kappa shape index (κ3) is 5.33. The molecular formula is C22H26O4. The molecule has 138 valence electrons. The molecule has 3 atom stereocenters. The van der Waals surface area contributed by atoms with E-state index in [1.165, 1.54) is 0 Å². The number of carbonyl (C=O) groups excluding carboxylic acids is 1. The molecule has 0 radical (unpaired) electrons. The van der Waals surface area contributed by atoms with E-state index in [0.29, 0.717) is 13.0 Å². The van der Waals surface area contributed by atoms with E-state index in [-0.39, 0.29) is 24.3 Å². The highest BCUT2D eigenvalue weighted by molar-refractivity contribution is 5.69. The summed E-state index contributed by atoms with van der Waals surface area (Å²) in [5.74, 6) is 0.648. The van der Waals surface area contributed by atoms with Crippen LogP contribution in [0.1, 0.15) is 38.2 Å². The molecule has 2 aromatic carbocycles. The van der Waals surface area contributed by atoms with Crippen molar-refractivity contribution in [3.63, 3.8) is 0 Å². The van der Waals surface area contributed by atoms with Gasteiger partial charge in [-0.25, -0.2) is 0 Å². The summed E-state index contributed by atoms with van der Waals surface area (Å²) in [7, 11) is 0. The number of hydrogen-bond acceptors (Lipinski definition) is 4. The van der Waals surface area contributed by atoms with Crippen LogP contribution >= 0.6 is 0 Å². The van der Waals surface area contributed by atoms with Crippen molar-refractivity contribution in [3.8, 4) is 5.75 Å². The van der Waals surface area contributed by atoms with Gasteiger partial charge in [0.25, 0.3) is 0 Å². The van der Waals surface area contributed by atoms with Gasteiger partial charge in [0.2, 0.25) is 0 Å². The van der Waals surface area contributed by atoms with Crippen molar-refractivity contribution >= 4 is 5.97 Å². The Labute approximate surface area is 155 Å². The summed E-state index contributed by atoms with van der Waals surface area (Å²) >= 11 is 0. The molecule has 0 N–H and O–H groups in total. The number of rotatable bonds is 5. The fourth-order valence-corrected chi connectivity index (χ4v) is 3.22. The Morgan fingerprint density at radius 3 is 2.42 bits per heavy atom. The fourth-order valence-electron chi connectivity index (χ4n) is 3.22. The van der Waals surface area contributed by atoms with Gasteiger partial charge >= 0.3 is 5.97 Å². The Morgan fingerprint density at radius 2 is 1.69 bits per heavy atom. The van der Waals surface area contributed by atoms with Gasteiger partial charge in [-0.3, -0.25) is 4.79 Å². The summed E-state index contributed by atoms with van der Waals surface area (Å²) in [4.78, 5) is 12.0. The van der Waals surface area contributed by atoms with Crippen LogP contribution in [0.5, 0.6) is 5.75 Å². The summed E-state index contributed by atoms with van der Waals surface area (Å²) in [5, 5.41) is 0. The van der Waals surface area contributed by atoms with E-state index in [2.05, 4.69) is 0 Å². The van der Waals surface area contributed by atoms with Gasteiger partial charge in [-0.15, -0.1) is 0 Å².